The summed E-state index contributed by atoms with van der Waals surface area (Å²) in [4.78, 5) is 19.1. The third kappa shape index (κ3) is 3.38. The van der Waals surface area contributed by atoms with E-state index in [1.165, 1.54) is 0 Å². The minimum atomic E-state index is 0.0101. The number of hydrogen-bond donors (Lipinski definition) is 0. The number of benzene rings is 1. The molecule has 4 rings (SSSR count). The van der Waals surface area contributed by atoms with Crippen LogP contribution in [0.4, 0.5) is 0 Å². The molecule has 1 unspecified atom stereocenters. The summed E-state index contributed by atoms with van der Waals surface area (Å²) in [6.45, 7) is 2.12. The molecule has 1 saturated heterocycles. The molecule has 0 radical (unpaired) electrons. The van der Waals surface area contributed by atoms with Gasteiger partial charge in [0.05, 0.1) is 19.6 Å². The Morgan fingerprint density at radius 3 is 2.69 bits per heavy atom. The number of nitrogens with zero attached hydrogens (tertiary/aromatic N) is 4. The quantitative estimate of drug-likeness (QED) is 0.837. The normalized spacial score (nSPS) is 20.5. The topological polar surface area (TPSA) is 69.5 Å². The third-order valence-corrected chi connectivity index (χ3v) is 5.27. The van der Waals surface area contributed by atoms with Crippen LogP contribution in [0.2, 0.25) is 0 Å². The Hall–Kier alpha value is -2.57. The van der Waals surface area contributed by atoms with E-state index in [9.17, 15) is 4.79 Å². The lowest BCUT2D eigenvalue weighted by Crippen LogP contribution is -2.46. The predicted octanol–water partition coefficient (Wildman–Crippen LogP) is 1.92. The maximum absolute atomic E-state index is 12.9. The molecule has 2 aromatic rings. The highest BCUT2D eigenvalue weighted by Gasteiger charge is 2.32. The second-order valence-electron chi connectivity index (χ2n) is 6.89. The Kier molecular flexibility index (Phi) is 4.77. The van der Waals surface area contributed by atoms with Gasteiger partial charge in [0.25, 0.3) is 0 Å². The summed E-state index contributed by atoms with van der Waals surface area (Å²) in [6, 6.07) is 7.69. The van der Waals surface area contributed by atoms with E-state index in [-0.39, 0.29) is 17.9 Å². The minimum Gasteiger partial charge on any atom is -0.493 e. The molecule has 0 bridgehead atoms. The van der Waals surface area contributed by atoms with Crippen LogP contribution in [-0.2, 0) is 17.8 Å². The Morgan fingerprint density at radius 2 is 1.92 bits per heavy atom. The molecule has 0 saturated carbocycles. The van der Waals surface area contributed by atoms with Gasteiger partial charge in [0.15, 0.2) is 11.5 Å². The SMILES string of the molecule is COc1ccccc1OC1CCN(C(=O)C2CCc3ncnn3C2)CC1. The molecule has 1 aromatic carbocycles. The van der Waals surface area contributed by atoms with Crippen molar-refractivity contribution in [3.63, 3.8) is 0 Å². The summed E-state index contributed by atoms with van der Waals surface area (Å²) in [7, 11) is 1.65. The molecule has 1 atom stereocenters. The zero-order chi connectivity index (χ0) is 17.9. The summed E-state index contributed by atoms with van der Waals surface area (Å²) in [5, 5.41) is 4.21. The minimum absolute atomic E-state index is 0.0101. The van der Waals surface area contributed by atoms with Gasteiger partial charge >= 0.3 is 0 Å². The highest BCUT2D eigenvalue weighted by molar-refractivity contribution is 5.79. The molecule has 1 fully saturated rings. The first-order chi connectivity index (χ1) is 12.7. The van der Waals surface area contributed by atoms with Crippen LogP contribution in [0.3, 0.4) is 0 Å². The zero-order valence-electron chi connectivity index (χ0n) is 15.0. The molecule has 0 aliphatic carbocycles. The molecular weight excluding hydrogens is 332 g/mol. The van der Waals surface area contributed by atoms with E-state index in [4.69, 9.17) is 9.47 Å². The average molecular weight is 356 g/mol. The van der Waals surface area contributed by atoms with Gasteiger partial charge in [0.2, 0.25) is 5.91 Å². The largest absolute Gasteiger partial charge is 0.493 e. The van der Waals surface area contributed by atoms with Crippen LogP contribution in [0.1, 0.15) is 25.1 Å². The highest BCUT2D eigenvalue weighted by atomic mass is 16.5. The van der Waals surface area contributed by atoms with E-state index in [1.807, 2.05) is 33.8 Å². The number of fused-ring (bicyclic) bond motifs is 1. The maximum atomic E-state index is 12.9. The lowest BCUT2D eigenvalue weighted by Gasteiger charge is -2.35. The molecule has 0 N–H and O–H groups in total. The number of carbonyl (C=O) groups is 1. The number of amides is 1. The van der Waals surface area contributed by atoms with Crippen molar-refractivity contribution in [1.82, 2.24) is 19.7 Å². The molecule has 2 aliphatic heterocycles. The van der Waals surface area contributed by atoms with Gasteiger partial charge in [-0.2, -0.15) is 5.10 Å². The maximum Gasteiger partial charge on any atom is 0.227 e. The molecule has 7 nitrogen and oxygen atoms in total. The van der Waals surface area contributed by atoms with E-state index in [0.717, 1.165) is 56.1 Å². The number of hydrogen-bond acceptors (Lipinski definition) is 5. The first-order valence-corrected chi connectivity index (χ1v) is 9.19. The number of carbonyl (C=O) groups excluding carboxylic acids is 1. The Balaban J connectivity index is 1.31. The predicted molar refractivity (Wildman–Crippen MR) is 95.1 cm³/mol. The van der Waals surface area contributed by atoms with E-state index in [1.54, 1.807) is 13.4 Å². The standard InChI is InChI=1S/C19H24N4O3/c1-25-16-4-2-3-5-17(16)26-15-8-10-22(11-9-15)19(24)14-6-7-18-20-13-21-23(18)12-14/h2-5,13-15H,6-12H2,1H3. The fourth-order valence-electron chi connectivity index (χ4n) is 3.79. The highest BCUT2D eigenvalue weighted by Crippen LogP contribution is 2.29. The smallest absolute Gasteiger partial charge is 0.227 e. The van der Waals surface area contributed by atoms with Crippen molar-refractivity contribution in [2.24, 2.45) is 5.92 Å². The number of ether oxygens (including phenoxy) is 2. The molecule has 0 spiro atoms. The van der Waals surface area contributed by atoms with Crippen LogP contribution in [0.15, 0.2) is 30.6 Å². The Morgan fingerprint density at radius 1 is 1.15 bits per heavy atom. The first kappa shape index (κ1) is 16.9. The van der Waals surface area contributed by atoms with Gasteiger partial charge in [-0.05, 0) is 18.6 Å². The summed E-state index contributed by atoms with van der Waals surface area (Å²) in [5.41, 5.74) is 0. The molecule has 1 aromatic heterocycles. The monoisotopic (exact) mass is 356 g/mol. The molecule has 1 amide bonds. The van der Waals surface area contributed by atoms with Crippen molar-refractivity contribution >= 4 is 5.91 Å². The number of aromatic nitrogens is 3. The van der Waals surface area contributed by atoms with Crippen LogP contribution in [0.25, 0.3) is 0 Å². The van der Waals surface area contributed by atoms with E-state index < -0.39 is 0 Å². The summed E-state index contributed by atoms with van der Waals surface area (Å²) < 4.78 is 13.3. The van der Waals surface area contributed by atoms with Crippen molar-refractivity contribution in [2.45, 2.75) is 38.3 Å². The molecule has 26 heavy (non-hydrogen) atoms. The van der Waals surface area contributed by atoms with Gasteiger partial charge in [-0.15, -0.1) is 0 Å². The van der Waals surface area contributed by atoms with Crippen LogP contribution >= 0.6 is 0 Å². The second kappa shape index (κ2) is 7.35. The van der Waals surface area contributed by atoms with Gasteiger partial charge in [-0.3, -0.25) is 4.79 Å². The van der Waals surface area contributed by atoms with Crippen molar-refractivity contribution < 1.29 is 14.3 Å². The van der Waals surface area contributed by atoms with Crippen LogP contribution in [0, 0.1) is 5.92 Å². The zero-order valence-corrected chi connectivity index (χ0v) is 15.0. The fraction of sp³-hybridized carbons (Fsp3) is 0.526. The van der Waals surface area contributed by atoms with E-state index >= 15 is 0 Å². The lowest BCUT2D eigenvalue weighted by atomic mass is 9.96. The third-order valence-electron chi connectivity index (χ3n) is 5.27. The molecular formula is C19H24N4O3. The number of para-hydroxylation sites is 2. The van der Waals surface area contributed by atoms with Gasteiger partial charge in [-0.25, -0.2) is 9.67 Å². The van der Waals surface area contributed by atoms with Crippen molar-refractivity contribution in [2.75, 3.05) is 20.2 Å². The van der Waals surface area contributed by atoms with Gasteiger partial charge in [0, 0.05) is 32.4 Å². The number of rotatable bonds is 4. The second-order valence-corrected chi connectivity index (χ2v) is 6.89. The van der Waals surface area contributed by atoms with E-state index in [2.05, 4.69) is 10.1 Å². The summed E-state index contributed by atoms with van der Waals surface area (Å²) in [5.74, 6) is 2.75. The number of aryl methyl sites for hydroxylation is 1. The average Bonchev–Trinajstić information content (AvgIpc) is 3.16. The molecule has 138 valence electrons. The Bertz CT molecular complexity index is 768. The van der Waals surface area contributed by atoms with Gasteiger partial charge in [-0.1, -0.05) is 12.1 Å². The van der Waals surface area contributed by atoms with Gasteiger partial charge in [0.1, 0.15) is 18.3 Å². The van der Waals surface area contributed by atoms with Crippen LogP contribution in [-0.4, -0.2) is 51.9 Å². The van der Waals surface area contributed by atoms with Crippen molar-refractivity contribution in [3.8, 4) is 11.5 Å². The van der Waals surface area contributed by atoms with Crippen molar-refractivity contribution in [3.05, 3.63) is 36.4 Å². The molecule has 2 aliphatic rings. The number of piperidine rings is 1. The molecule has 3 heterocycles. The number of likely N-dealkylation sites (tertiary alicyclic amines) is 1. The summed E-state index contributed by atoms with van der Waals surface area (Å²) >= 11 is 0. The number of methoxy groups -OCH3 is 1. The van der Waals surface area contributed by atoms with Crippen LogP contribution in [0.5, 0.6) is 11.5 Å². The first-order valence-electron chi connectivity index (χ1n) is 9.19. The fourth-order valence-corrected chi connectivity index (χ4v) is 3.79. The Labute approximate surface area is 152 Å². The van der Waals surface area contributed by atoms with Crippen LogP contribution < -0.4 is 9.47 Å². The molecule has 7 heteroatoms. The summed E-state index contributed by atoms with van der Waals surface area (Å²) in [6.07, 6.45) is 5.04. The lowest BCUT2D eigenvalue weighted by molar-refractivity contribution is -0.138. The van der Waals surface area contributed by atoms with Crippen molar-refractivity contribution in [1.29, 1.82) is 0 Å². The van der Waals surface area contributed by atoms with E-state index in [0.29, 0.717) is 6.54 Å². The van der Waals surface area contributed by atoms with Gasteiger partial charge < -0.3 is 14.4 Å².